The lowest BCUT2D eigenvalue weighted by Gasteiger charge is -2.32. The summed E-state index contributed by atoms with van der Waals surface area (Å²) in [4.78, 5) is 16.4. The van der Waals surface area contributed by atoms with Gasteiger partial charge in [0.2, 0.25) is 0 Å². The Hall–Kier alpha value is -4.90. The van der Waals surface area contributed by atoms with E-state index in [4.69, 9.17) is 9.98 Å². The van der Waals surface area contributed by atoms with E-state index in [9.17, 15) is 0 Å². The van der Waals surface area contributed by atoms with Crippen LogP contribution in [0.25, 0.3) is 0 Å². The van der Waals surface area contributed by atoms with E-state index in [-0.39, 0.29) is 6.98 Å². The maximum atomic E-state index is 5.71. The molecule has 49 heavy (non-hydrogen) atoms. The van der Waals surface area contributed by atoms with Gasteiger partial charge in [-0.15, -0.1) is 0 Å². The molecule has 0 N–H and O–H groups in total. The van der Waals surface area contributed by atoms with Crippen LogP contribution in [0, 0.1) is 83.1 Å². The van der Waals surface area contributed by atoms with Crippen molar-refractivity contribution in [2.75, 3.05) is 9.62 Å². The lowest BCUT2D eigenvalue weighted by molar-refractivity contribution is 1.25. The average Bonchev–Trinajstić information content (AvgIpc) is 3.28. The molecule has 1 aliphatic heterocycles. The second kappa shape index (κ2) is 13.2. The van der Waals surface area contributed by atoms with Gasteiger partial charge in [0.25, 0.3) is 0 Å². The summed E-state index contributed by atoms with van der Waals surface area (Å²) in [7, 11) is 0. The quantitative estimate of drug-likeness (QED) is 0.178. The molecule has 1 heterocycles. The summed E-state index contributed by atoms with van der Waals surface area (Å²) >= 11 is 0. The zero-order valence-corrected chi connectivity index (χ0v) is 31.4. The van der Waals surface area contributed by atoms with Crippen molar-refractivity contribution in [1.29, 1.82) is 0 Å². The molecule has 0 aromatic heterocycles. The minimum Gasteiger partial charge on any atom is -0.342 e. The minimum absolute atomic E-state index is 0.240. The summed E-state index contributed by atoms with van der Waals surface area (Å²) in [6.07, 6.45) is 0. The molecule has 5 aromatic carbocycles. The van der Waals surface area contributed by atoms with Crippen LogP contribution < -0.4 is 15.1 Å². The zero-order valence-electron chi connectivity index (χ0n) is 31.4. The van der Waals surface area contributed by atoms with Crippen LogP contribution in [0.2, 0.25) is 0 Å². The fourth-order valence-corrected chi connectivity index (χ4v) is 8.16. The van der Waals surface area contributed by atoms with Gasteiger partial charge in [-0.05, 0) is 133 Å². The summed E-state index contributed by atoms with van der Waals surface area (Å²) < 4.78 is 0. The largest absolute Gasteiger partial charge is 0.423 e. The van der Waals surface area contributed by atoms with Gasteiger partial charge < -0.3 is 9.62 Å². The van der Waals surface area contributed by atoms with Crippen LogP contribution >= 0.6 is 0 Å². The molecule has 0 unspecified atom stereocenters. The third-order valence-corrected chi connectivity index (χ3v) is 9.70. The molecule has 0 aliphatic carbocycles. The van der Waals surface area contributed by atoms with Gasteiger partial charge >= 0.3 is 6.98 Å². The SMILES string of the molecule is Cc1cc(C)c(N=C2C(=Nc3c(C)cc(C)cc3C)N(c3c(C)cc(C)cc3C)B(c3ccccc3)N2c2c(C)cc(C)cc2C)c(C)c1. The Kier molecular flexibility index (Phi) is 9.15. The van der Waals surface area contributed by atoms with Gasteiger partial charge in [0.15, 0.2) is 11.7 Å². The number of aryl methyl sites for hydroxylation is 12. The van der Waals surface area contributed by atoms with E-state index < -0.39 is 0 Å². The molecule has 5 heteroatoms. The number of hydrogen-bond acceptors (Lipinski definition) is 2. The summed E-state index contributed by atoms with van der Waals surface area (Å²) in [6, 6.07) is 29.0. The molecule has 0 radical (unpaired) electrons. The molecule has 248 valence electrons. The zero-order chi connectivity index (χ0) is 35.3. The summed E-state index contributed by atoms with van der Waals surface area (Å²) in [5.74, 6) is 1.69. The van der Waals surface area contributed by atoms with Crippen LogP contribution in [0.1, 0.15) is 66.8 Å². The van der Waals surface area contributed by atoms with Crippen LogP contribution in [0.3, 0.4) is 0 Å². The van der Waals surface area contributed by atoms with Crippen LogP contribution in [-0.2, 0) is 0 Å². The number of nitrogens with zero attached hydrogens (tertiary/aromatic N) is 4. The standard InChI is InChI=1S/C44H49BN4/c1-26-18-30(5)39(31(6)19-26)46-43-44(47-40-32(7)20-27(2)21-33(40)8)49(42-36(11)24-29(4)25-37(42)12)45(38-16-14-13-15-17-38)48(43)41-34(9)22-28(3)23-35(41)10/h13-25H,1-12H3. The first-order chi connectivity index (χ1) is 23.2. The Morgan fingerprint density at radius 2 is 0.673 bits per heavy atom. The van der Waals surface area contributed by atoms with Crippen LogP contribution in [-0.4, -0.2) is 18.7 Å². The number of anilines is 2. The van der Waals surface area contributed by atoms with E-state index in [2.05, 4.69) is 172 Å². The van der Waals surface area contributed by atoms with Crippen LogP contribution in [0.4, 0.5) is 22.7 Å². The first-order valence-electron chi connectivity index (χ1n) is 17.4. The molecule has 5 aromatic rings. The molecule has 1 aliphatic rings. The van der Waals surface area contributed by atoms with E-state index in [1.165, 1.54) is 50.0 Å². The first kappa shape index (κ1) is 34.0. The molecule has 1 saturated heterocycles. The van der Waals surface area contributed by atoms with Gasteiger partial charge in [-0.3, -0.25) is 0 Å². The fraction of sp³-hybridized carbons (Fsp3) is 0.273. The number of hydrogen-bond donors (Lipinski definition) is 0. The number of rotatable bonds is 5. The minimum atomic E-state index is -0.240. The predicted octanol–water partition coefficient (Wildman–Crippen LogP) is 10.6. The molecule has 0 atom stereocenters. The first-order valence-corrected chi connectivity index (χ1v) is 17.4. The number of amidine groups is 2. The fourth-order valence-electron chi connectivity index (χ4n) is 8.16. The van der Waals surface area contributed by atoms with E-state index >= 15 is 0 Å². The molecule has 0 saturated carbocycles. The summed E-state index contributed by atoms with van der Waals surface area (Å²) in [5.41, 5.74) is 19.9. The van der Waals surface area contributed by atoms with Gasteiger partial charge in [0.1, 0.15) is 0 Å². The normalized spacial score (nSPS) is 14.9. The Balaban J connectivity index is 1.83. The van der Waals surface area contributed by atoms with Gasteiger partial charge in [0.05, 0.1) is 11.4 Å². The Morgan fingerprint density at radius 3 is 0.980 bits per heavy atom. The topological polar surface area (TPSA) is 31.2 Å². The van der Waals surface area contributed by atoms with Crippen molar-refractivity contribution in [3.63, 3.8) is 0 Å². The lowest BCUT2D eigenvalue weighted by Crippen LogP contribution is -2.55. The van der Waals surface area contributed by atoms with Crippen LogP contribution in [0.5, 0.6) is 0 Å². The van der Waals surface area contributed by atoms with Crippen molar-refractivity contribution in [1.82, 2.24) is 0 Å². The van der Waals surface area contributed by atoms with E-state index in [0.29, 0.717) is 0 Å². The highest BCUT2D eigenvalue weighted by Crippen LogP contribution is 2.40. The smallest absolute Gasteiger partial charge is 0.342 e. The van der Waals surface area contributed by atoms with E-state index in [0.717, 1.165) is 56.7 Å². The molecule has 6 rings (SSSR count). The van der Waals surface area contributed by atoms with Gasteiger partial charge in [-0.2, -0.15) is 0 Å². The second-order valence-electron chi connectivity index (χ2n) is 14.4. The van der Waals surface area contributed by atoms with Crippen LogP contribution in [0.15, 0.2) is 88.8 Å². The third-order valence-electron chi connectivity index (χ3n) is 9.70. The molecule has 0 amide bonds. The van der Waals surface area contributed by atoms with Crippen molar-refractivity contribution in [3.05, 3.63) is 146 Å². The van der Waals surface area contributed by atoms with Gasteiger partial charge in [-0.25, -0.2) is 9.98 Å². The number of aliphatic imine (C=N–C) groups is 2. The highest BCUT2D eigenvalue weighted by Gasteiger charge is 2.50. The highest BCUT2D eigenvalue weighted by atomic mass is 15.4. The van der Waals surface area contributed by atoms with Crippen molar-refractivity contribution in [3.8, 4) is 0 Å². The monoisotopic (exact) mass is 644 g/mol. The number of benzene rings is 5. The maximum absolute atomic E-state index is 5.71. The van der Waals surface area contributed by atoms with Crippen molar-refractivity contribution < 1.29 is 0 Å². The van der Waals surface area contributed by atoms with Crippen molar-refractivity contribution in [2.24, 2.45) is 9.98 Å². The van der Waals surface area contributed by atoms with Gasteiger partial charge in [0, 0.05) is 11.4 Å². The second-order valence-corrected chi connectivity index (χ2v) is 14.4. The summed E-state index contributed by atoms with van der Waals surface area (Å²) in [6.45, 7) is 26.0. The Bertz CT molecular complexity index is 1930. The predicted molar refractivity (Wildman–Crippen MR) is 214 cm³/mol. The maximum Gasteiger partial charge on any atom is 0.423 e. The highest BCUT2D eigenvalue weighted by molar-refractivity contribution is 6.96. The molecule has 4 nitrogen and oxygen atoms in total. The summed E-state index contributed by atoms with van der Waals surface area (Å²) in [5, 5.41) is 0. The average molecular weight is 645 g/mol. The molecule has 0 bridgehead atoms. The Morgan fingerprint density at radius 1 is 0.388 bits per heavy atom. The van der Waals surface area contributed by atoms with E-state index in [1.54, 1.807) is 0 Å². The third kappa shape index (κ3) is 6.35. The Labute approximate surface area is 294 Å². The molecular weight excluding hydrogens is 595 g/mol. The van der Waals surface area contributed by atoms with Crippen molar-refractivity contribution in [2.45, 2.75) is 83.1 Å². The molecular formula is C44H49BN4. The molecule has 1 fully saturated rings. The van der Waals surface area contributed by atoms with E-state index in [1.807, 2.05) is 0 Å². The lowest BCUT2D eigenvalue weighted by atomic mass is 9.64. The van der Waals surface area contributed by atoms with Gasteiger partial charge in [-0.1, -0.05) is 101 Å². The molecule has 0 spiro atoms. The van der Waals surface area contributed by atoms with Crippen molar-refractivity contribution >= 4 is 46.9 Å².